The fourth-order valence-corrected chi connectivity index (χ4v) is 3.91. The molecule has 0 spiro atoms. The van der Waals surface area contributed by atoms with Crippen molar-refractivity contribution in [1.29, 1.82) is 0 Å². The molecule has 37 heavy (non-hydrogen) atoms. The number of furan rings is 1. The molecule has 4 aromatic rings. The van der Waals surface area contributed by atoms with E-state index in [0.29, 0.717) is 38.4 Å². The number of aromatic nitrogens is 2. The number of nitrogens with zero attached hydrogens (tertiary/aromatic N) is 3. The molecule has 3 aromatic heterocycles. The molecule has 0 bridgehead atoms. The number of urea groups is 1. The van der Waals surface area contributed by atoms with Gasteiger partial charge in [0, 0.05) is 43.3 Å². The number of carbonyl (C=O) groups excluding carboxylic acids is 2. The maximum atomic E-state index is 14.0. The molecule has 0 unspecified atom stereocenters. The van der Waals surface area contributed by atoms with Gasteiger partial charge in [-0.3, -0.25) is 9.78 Å². The molecule has 0 saturated carbocycles. The molecule has 4 rings (SSSR count). The first-order valence-electron chi connectivity index (χ1n) is 12.2. The van der Waals surface area contributed by atoms with Crippen molar-refractivity contribution in [2.45, 2.75) is 32.9 Å². The van der Waals surface area contributed by atoms with Crippen molar-refractivity contribution in [2.75, 3.05) is 18.4 Å². The molecule has 9 heteroatoms. The Morgan fingerprint density at radius 2 is 1.89 bits per heavy atom. The Hall–Kier alpha value is -4.40. The number of hydrogen-bond donors (Lipinski definition) is 2. The maximum absolute atomic E-state index is 14.0. The Labute approximate surface area is 215 Å². The number of anilines is 1. The topological polar surface area (TPSA) is 92.4 Å². The maximum Gasteiger partial charge on any atom is 0.322 e. The largest absolute Gasteiger partial charge is 0.454 e. The van der Waals surface area contributed by atoms with Gasteiger partial charge in [0.1, 0.15) is 11.6 Å². The SMILES string of the molecule is CCCN(Cc1cccn1Cc1ccc(C(=O)NCCc2ccccn2)o1)C(=O)Nc1ccccc1F. The van der Waals surface area contributed by atoms with Gasteiger partial charge in [-0.25, -0.2) is 9.18 Å². The zero-order chi connectivity index (χ0) is 26.0. The number of amides is 3. The first-order chi connectivity index (χ1) is 18.0. The first-order valence-corrected chi connectivity index (χ1v) is 12.2. The molecule has 2 N–H and O–H groups in total. The Morgan fingerprint density at radius 1 is 1.05 bits per heavy atom. The number of nitrogens with one attached hydrogen (secondary N) is 2. The molecule has 0 fully saturated rings. The van der Waals surface area contributed by atoms with Crippen molar-refractivity contribution in [3.8, 4) is 0 Å². The van der Waals surface area contributed by atoms with E-state index in [1.807, 2.05) is 48.0 Å². The van der Waals surface area contributed by atoms with Crippen LogP contribution in [0.5, 0.6) is 0 Å². The Kier molecular flexibility index (Phi) is 8.70. The smallest absolute Gasteiger partial charge is 0.322 e. The van der Waals surface area contributed by atoms with Gasteiger partial charge < -0.3 is 24.5 Å². The summed E-state index contributed by atoms with van der Waals surface area (Å²) in [5, 5.41) is 5.51. The van der Waals surface area contributed by atoms with Gasteiger partial charge in [-0.2, -0.15) is 0 Å². The number of pyridine rings is 1. The number of rotatable bonds is 11. The van der Waals surface area contributed by atoms with E-state index in [-0.39, 0.29) is 23.4 Å². The second kappa shape index (κ2) is 12.5. The third-order valence-electron chi connectivity index (χ3n) is 5.78. The van der Waals surface area contributed by atoms with Gasteiger partial charge in [-0.05, 0) is 55.0 Å². The van der Waals surface area contributed by atoms with Crippen molar-refractivity contribution >= 4 is 17.6 Å². The first kappa shape index (κ1) is 25.7. The molecule has 8 nitrogen and oxygen atoms in total. The van der Waals surface area contributed by atoms with Crippen LogP contribution in [0.4, 0.5) is 14.9 Å². The second-order valence-corrected chi connectivity index (χ2v) is 8.55. The molecule has 3 amide bonds. The van der Waals surface area contributed by atoms with Crippen LogP contribution in [0.15, 0.2) is 83.5 Å². The lowest BCUT2D eigenvalue weighted by Crippen LogP contribution is -2.36. The molecule has 0 radical (unpaired) electrons. The molecule has 3 heterocycles. The van der Waals surface area contributed by atoms with Gasteiger partial charge in [0.2, 0.25) is 0 Å². The van der Waals surface area contributed by atoms with Crippen LogP contribution in [0.25, 0.3) is 0 Å². The summed E-state index contributed by atoms with van der Waals surface area (Å²) in [5.74, 6) is 0.0886. The minimum Gasteiger partial charge on any atom is -0.454 e. The van der Waals surface area contributed by atoms with Gasteiger partial charge in [0.25, 0.3) is 5.91 Å². The van der Waals surface area contributed by atoms with Crippen LogP contribution in [0.1, 0.15) is 41.0 Å². The summed E-state index contributed by atoms with van der Waals surface area (Å²) in [5.41, 5.74) is 1.93. The average Bonchev–Trinajstić information content (AvgIpc) is 3.55. The third-order valence-corrected chi connectivity index (χ3v) is 5.78. The lowest BCUT2D eigenvalue weighted by atomic mass is 10.2. The second-order valence-electron chi connectivity index (χ2n) is 8.55. The summed E-state index contributed by atoms with van der Waals surface area (Å²) in [6.07, 6.45) is 5.00. The van der Waals surface area contributed by atoms with E-state index >= 15 is 0 Å². The van der Waals surface area contributed by atoms with Crippen LogP contribution in [-0.4, -0.2) is 39.5 Å². The van der Waals surface area contributed by atoms with Crippen molar-refractivity contribution in [1.82, 2.24) is 19.8 Å². The van der Waals surface area contributed by atoms with Gasteiger partial charge in [-0.15, -0.1) is 0 Å². The van der Waals surface area contributed by atoms with Crippen molar-refractivity contribution in [3.63, 3.8) is 0 Å². The fourth-order valence-electron chi connectivity index (χ4n) is 3.91. The van der Waals surface area contributed by atoms with Crippen LogP contribution in [0.3, 0.4) is 0 Å². The van der Waals surface area contributed by atoms with Gasteiger partial charge in [0.15, 0.2) is 5.76 Å². The quantitative estimate of drug-likeness (QED) is 0.299. The Balaban J connectivity index is 1.35. The summed E-state index contributed by atoms with van der Waals surface area (Å²) >= 11 is 0. The predicted octanol–water partition coefficient (Wildman–Crippen LogP) is 5.08. The van der Waals surface area contributed by atoms with Crippen LogP contribution in [0.2, 0.25) is 0 Å². The molecule has 0 aliphatic carbocycles. The lowest BCUT2D eigenvalue weighted by molar-refractivity contribution is 0.0924. The van der Waals surface area contributed by atoms with Crippen molar-refractivity contribution < 1.29 is 18.4 Å². The number of carbonyl (C=O) groups is 2. The monoisotopic (exact) mass is 503 g/mol. The van der Waals surface area contributed by atoms with Gasteiger partial charge in [0.05, 0.1) is 18.8 Å². The van der Waals surface area contributed by atoms with Crippen LogP contribution in [0, 0.1) is 5.82 Å². The van der Waals surface area contributed by atoms with Gasteiger partial charge >= 0.3 is 6.03 Å². The molecular weight excluding hydrogens is 473 g/mol. The summed E-state index contributed by atoms with van der Waals surface area (Å²) in [4.78, 5) is 31.2. The number of halogens is 1. The highest BCUT2D eigenvalue weighted by Gasteiger charge is 2.17. The predicted molar refractivity (Wildman–Crippen MR) is 139 cm³/mol. The summed E-state index contributed by atoms with van der Waals surface area (Å²) in [6, 6.07) is 18.6. The molecule has 192 valence electrons. The van der Waals surface area contributed by atoms with Crippen molar-refractivity contribution in [3.05, 3.63) is 108 Å². The molecular formula is C28H30FN5O3. The number of para-hydroxylation sites is 1. The lowest BCUT2D eigenvalue weighted by Gasteiger charge is -2.23. The van der Waals surface area contributed by atoms with Gasteiger partial charge in [-0.1, -0.05) is 25.1 Å². The molecule has 0 aliphatic rings. The van der Waals surface area contributed by atoms with E-state index in [1.165, 1.54) is 12.1 Å². The van der Waals surface area contributed by atoms with E-state index < -0.39 is 5.82 Å². The fraction of sp³-hybridized carbons (Fsp3) is 0.250. The molecule has 1 aromatic carbocycles. The minimum absolute atomic E-state index is 0.144. The average molecular weight is 504 g/mol. The highest BCUT2D eigenvalue weighted by molar-refractivity contribution is 5.91. The third kappa shape index (κ3) is 7.07. The van der Waals surface area contributed by atoms with Crippen molar-refractivity contribution in [2.24, 2.45) is 0 Å². The zero-order valence-electron chi connectivity index (χ0n) is 20.7. The van der Waals surface area contributed by atoms with E-state index in [4.69, 9.17) is 4.42 Å². The van der Waals surface area contributed by atoms with Crippen LogP contribution < -0.4 is 10.6 Å². The Morgan fingerprint density at radius 3 is 2.68 bits per heavy atom. The number of benzene rings is 1. The molecule has 0 saturated heterocycles. The highest BCUT2D eigenvalue weighted by atomic mass is 19.1. The normalized spacial score (nSPS) is 10.8. The van der Waals surface area contributed by atoms with E-state index in [9.17, 15) is 14.0 Å². The highest BCUT2D eigenvalue weighted by Crippen LogP contribution is 2.17. The summed E-state index contributed by atoms with van der Waals surface area (Å²) < 4.78 is 21.8. The van der Waals surface area contributed by atoms with Crippen LogP contribution in [-0.2, 0) is 19.5 Å². The number of hydrogen-bond acceptors (Lipinski definition) is 4. The van der Waals surface area contributed by atoms with Crippen LogP contribution >= 0.6 is 0 Å². The summed E-state index contributed by atoms with van der Waals surface area (Å²) in [6.45, 7) is 3.68. The van der Waals surface area contributed by atoms with E-state index in [1.54, 1.807) is 35.4 Å². The van der Waals surface area contributed by atoms with E-state index in [2.05, 4.69) is 15.6 Å². The minimum atomic E-state index is -0.481. The standard InChI is InChI=1S/C28H30FN5O3/c1-2-17-34(28(36)32-25-11-4-3-10-24(25)29)19-22-9-7-18-33(22)20-23-12-13-26(37-23)27(35)31-16-14-21-8-5-6-15-30-21/h3-13,15,18H,2,14,16-17,19-20H2,1H3,(H,31,35)(H,32,36). The zero-order valence-corrected chi connectivity index (χ0v) is 20.7. The van der Waals surface area contributed by atoms with E-state index in [0.717, 1.165) is 17.8 Å². The molecule has 0 atom stereocenters. The molecule has 0 aliphatic heterocycles. The Bertz CT molecular complexity index is 1320. The summed E-state index contributed by atoms with van der Waals surface area (Å²) in [7, 11) is 0.